The molecule has 6 heteroatoms. The van der Waals surface area contributed by atoms with Crippen LogP contribution in [0.1, 0.15) is 43.0 Å². The van der Waals surface area contributed by atoms with E-state index >= 15 is 0 Å². The molecule has 1 aromatic rings. The lowest BCUT2D eigenvalue weighted by molar-refractivity contribution is -0.192. The molecule has 2 atom stereocenters. The molecule has 3 N–H and O–H groups in total. The third-order valence-electron chi connectivity index (χ3n) is 5.56. The fourth-order valence-electron chi connectivity index (χ4n) is 4.16. The van der Waals surface area contributed by atoms with E-state index in [2.05, 4.69) is 5.32 Å². The van der Waals surface area contributed by atoms with E-state index in [0.29, 0.717) is 11.3 Å². The molecule has 1 spiro atoms. The van der Waals surface area contributed by atoms with Crippen molar-refractivity contribution in [1.82, 2.24) is 4.90 Å². The molecular formula is C18H25N3O3. The summed E-state index contributed by atoms with van der Waals surface area (Å²) < 4.78 is 5.86. The van der Waals surface area contributed by atoms with Crippen LogP contribution in [0.25, 0.3) is 0 Å². The molecule has 0 heterocycles. The van der Waals surface area contributed by atoms with Gasteiger partial charge in [-0.3, -0.25) is 4.79 Å². The Labute approximate surface area is 142 Å². The van der Waals surface area contributed by atoms with Crippen LogP contribution in [0, 0.1) is 5.41 Å². The van der Waals surface area contributed by atoms with Gasteiger partial charge in [-0.25, -0.2) is 4.79 Å². The van der Waals surface area contributed by atoms with E-state index < -0.39 is 6.03 Å². The molecule has 6 nitrogen and oxygen atoms in total. The van der Waals surface area contributed by atoms with Crippen molar-refractivity contribution in [1.29, 1.82) is 0 Å². The third-order valence-corrected chi connectivity index (χ3v) is 5.56. The van der Waals surface area contributed by atoms with Gasteiger partial charge in [0.1, 0.15) is 0 Å². The summed E-state index contributed by atoms with van der Waals surface area (Å²) in [4.78, 5) is 25.7. The summed E-state index contributed by atoms with van der Waals surface area (Å²) >= 11 is 0. The molecule has 3 amide bonds. The normalized spacial score (nSPS) is 23.9. The summed E-state index contributed by atoms with van der Waals surface area (Å²) in [6.45, 7) is 2.74. The minimum absolute atomic E-state index is 0.0330. The molecule has 0 bridgehead atoms. The molecule has 0 aliphatic heterocycles. The van der Waals surface area contributed by atoms with Gasteiger partial charge >= 0.3 is 6.03 Å². The Hall–Kier alpha value is -2.08. The number of urea groups is 1. The Kier molecular flexibility index (Phi) is 4.49. The summed E-state index contributed by atoms with van der Waals surface area (Å²) in [5, 5.41) is 2.51. The van der Waals surface area contributed by atoms with E-state index in [1.165, 1.54) is 6.42 Å². The summed E-state index contributed by atoms with van der Waals surface area (Å²) in [6, 6.07) is 6.47. The zero-order valence-electron chi connectivity index (χ0n) is 14.2. The van der Waals surface area contributed by atoms with Crippen molar-refractivity contribution >= 4 is 17.6 Å². The lowest BCUT2D eigenvalue weighted by Gasteiger charge is -2.63. The number of carbonyl (C=O) groups is 2. The van der Waals surface area contributed by atoms with Crippen molar-refractivity contribution in [3.63, 3.8) is 0 Å². The van der Waals surface area contributed by atoms with Crippen LogP contribution in [0.15, 0.2) is 24.3 Å². The van der Waals surface area contributed by atoms with Crippen molar-refractivity contribution in [3.05, 3.63) is 29.8 Å². The Morgan fingerprint density at radius 3 is 2.75 bits per heavy atom. The maximum Gasteiger partial charge on any atom is 0.316 e. The van der Waals surface area contributed by atoms with Crippen LogP contribution < -0.4 is 11.1 Å². The fraction of sp³-hybridized carbons (Fsp3) is 0.556. The molecule has 2 fully saturated rings. The fourth-order valence-corrected chi connectivity index (χ4v) is 4.16. The number of anilines is 1. The molecule has 0 aromatic heterocycles. The second-order valence-electron chi connectivity index (χ2n) is 6.77. The molecule has 2 aliphatic rings. The Bertz CT molecular complexity index is 642. The maximum atomic E-state index is 12.9. The van der Waals surface area contributed by atoms with Gasteiger partial charge < -0.3 is 20.7 Å². The molecular weight excluding hydrogens is 306 g/mol. The summed E-state index contributed by atoms with van der Waals surface area (Å²) in [5.74, 6) is -0.0330. The Morgan fingerprint density at radius 2 is 2.17 bits per heavy atom. The zero-order valence-corrected chi connectivity index (χ0v) is 14.2. The first-order valence-corrected chi connectivity index (χ1v) is 8.53. The van der Waals surface area contributed by atoms with E-state index in [1.54, 1.807) is 24.3 Å². The Balaban J connectivity index is 1.72. The van der Waals surface area contributed by atoms with Gasteiger partial charge in [0.2, 0.25) is 0 Å². The van der Waals surface area contributed by atoms with E-state index in [0.717, 1.165) is 25.9 Å². The molecule has 0 radical (unpaired) electrons. The standard InChI is InChI=1S/C18H25N3O3/c1-3-24-15-11-14(18(15)8-5-9-18)21(2)16(22)12-6-4-7-13(10-12)20-17(19)23/h4,6-7,10,14-15H,3,5,8-9,11H2,1-2H3,(H3,19,20,23)/t14-,15+/m1/s1. The highest BCUT2D eigenvalue weighted by Gasteiger charge is 2.60. The van der Waals surface area contributed by atoms with Crippen molar-refractivity contribution in [2.75, 3.05) is 19.0 Å². The van der Waals surface area contributed by atoms with Gasteiger partial charge in [-0.15, -0.1) is 0 Å². The summed E-state index contributed by atoms with van der Waals surface area (Å²) in [6.07, 6.45) is 4.64. The molecule has 3 rings (SSSR count). The molecule has 1 aromatic carbocycles. The van der Waals surface area contributed by atoms with E-state index in [9.17, 15) is 9.59 Å². The smallest absolute Gasteiger partial charge is 0.316 e. The number of benzene rings is 1. The van der Waals surface area contributed by atoms with Gasteiger partial charge in [-0.2, -0.15) is 0 Å². The van der Waals surface area contributed by atoms with Crippen molar-refractivity contribution in [3.8, 4) is 0 Å². The summed E-state index contributed by atoms with van der Waals surface area (Å²) in [5.41, 5.74) is 6.36. The lowest BCUT2D eigenvalue weighted by Crippen LogP contribution is -2.67. The van der Waals surface area contributed by atoms with Crippen molar-refractivity contribution in [2.24, 2.45) is 11.1 Å². The maximum absolute atomic E-state index is 12.9. The van der Waals surface area contributed by atoms with Gasteiger partial charge in [0, 0.05) is 36.4 Å². The van der Waals surface area contributed by atoms with Crippen LogP contribution in [0.4, 0.5) is 10.5 Å². The first-order valence-electron chi connectivity index (χ1n) is 8.53. The molecule has 24 heavy (non-hydrogen) atoms. The van der Waals surface area contributed by atoms with E-state index in [-0.39, 0.29) is 23.5 Å². The van der Waals surface area contributed by atoms with Gasteiger partial charge in [0.25, 0.3) is 5.91 Å². The van der Waals surface area contributed by atoms with Crippen LogP contribution in [0.5, 0.6) is 0 Å². The van der Waals surface area contributed by atoms with E-state index in [1.807, 2.05) is 18.9 Å². The monoisotopic (exact) mass is 331 g/mol. The predicted octanol–water partition coefficient (Wildman–Crippen LogP) is 2.60. The number of primary amides is 1. The number of nitrogens with zero attached hydrogens (tertiary/aromatic N) is 1. The Morgan fingerprint density at radius 1 is 1.42 bits per heavy atom. The number of hydrogen-bond donors (Lipinski definition) is 2. The first kappa shape index (κ1) is 16.8. The van der Waals surface area contributed by atoms with Gasteiger partial charge in [0.15, 0.2) is 0 Å². The topological polar surface area (TPSA) is 84.7 Å². The predicted molar refractivity (Wildman–Crippen MR) is 91.8 cm³/mol. The highest BCUT2D eigenvalue weighted by Crippen LogP contribution is 2.59. The van der Waals surface area contributed by atoms with Gasteiger partial charge in [-0.1, -0.05) is 12.5 Å². The minimum Gasteiger partial charge on any atom is -0.378 e. The molecule has 0 unspecified atom stereocenters. The molecule has 130 valence electrons. The molecule has 0 saturated heterocycles. The second kappa shape index (κ2) is 6.43. The minimum atomic E-state index is -0.639. The number of carbonyl (C=O) groups excluding carboxylic acids is 2. The highest BCUT2D eigenvalue weighted by atomic mass is 16.5. The van der Waals surface area contributed by atoms with Crippen LogP contribution in [-0.4, -0.2) is 42.6 Å². The van der Waals surface area contributed by atoms with Crippen molar-refractivity contribution in [2.45, 2.75) is 44.8 Å². The lowest BCUT2D eigenvalue weighted by atomic mass is 9.50. The van der Waals surface area contributed by atoms with Crippen LogP contribution >= 0.6 is 0 Å². The number of amides is 3. The number of rotatable bonds is 5. The van der Waals surface area contributed by atoms with Gasteiger partial charge in [-0.05, 0) is 44.4 Å². The number of ether oxygens (including phenoxy) is 1. The number of nitrogens with one attached hydrogen (secondary N) is 1. The second-order valence-corrected chi connectivity index (χ2v) is 6.77. The quantitative estimate of drug-likeness (QED) is 0.870. The zero-order chi connectivity index (χ0) is 17.3. The largest absolute Gasteiger partial charge is 0.378 e. The van der Waals surface area contributed by atoms with Crippen molar-refractivity contribution < 1.29 is 14.3 Å². The average molecular weight is 331 g/mol. The number of hydrogen-bond acceptors (Lipinski definition) is 3. The first-order chi connectivity index (χ1) is 11.5. The SMILES string of the molecule is CCO[C@H]1C[C@@H](N(C)C(=O)c2cccc(NC(N)=O)c2)C12CCC2. The van der Waals surface area contributed by atoms with E-state index in [4.69, 9.17) is 10.5 Å². The summed E-state index contributed by atoms with van der Waals surface area (Å²) in [7, 11) is 1.86. The average Bonchev–Trinajstić information content (AvgIpc) is 2.47. The van der Waals surface area contributed by atoms with Crippen LogP contribution in [-0.2, 0) is 4.74 Å². The van der Waals surface area contributed by atoms with Crippen LogP contribution in [0.2, 0.25) is 0 Å². The highest BCUT2D eigenvalue weighted by molar-refractivity contribution is 5.96. The molecule has 2 saturated carbocycles. The number of nitrogens with two attached hydrogens (primary N) is 1. The van der Waals surface area contributed by atoms with Crippen LogP contribution in [0.3, 0.4) is 0 Å². The molecule has 2 aliphatic carbocycles. The van der Waals surface area contributed by atoms with Gasteiger partial charge in [0.05, 0.1) is 6.10 Å². The third kappa shape index (κ3) is 2.75.